The molecule has 0 saturated carbocycles. The highest BCUT2D eigenvalue weighted by Crippen LogP contribution is 2.35. The highest BCUT2D eigenvalue weighted by Gasteiger charge is 2.48. The molecule has 36 heavy (non-hydrogen) atoms. The minimum absolute atomic E-state index is 0.0828. The highest BCUT2D eigenvalue weighted by molar-refractivity contribution is 6.30. The number of benzene rings is 2. The van der Waals surface area contributed by atoms with Crippen LogP contribution in [-0.4, -0.2) is 59.7 Å². The van der Waals surface area contributed by atoms with Gasteiger partial charge in [0.25, 0.3) is 5.91 Å². The summed E-state index contributed by atoms with van der Waals surface area (Å²) in [5, 5.41) is 0.466. The van der Waals surface area contributed by atoms with Crippen LogP contribution in [0.25, 0.3) is 11.4 Å². The van der Waals surface area contributed by atoms with E-state index in [1.165, 1.54) is 12.4 Å². The maximum absolute atomic E-state index is 13.3. The summed E-state index contributed by atoms with van der Waals surface area (Å²) < 4.78 is 17.1. The standard InChI is InChI=1S/C27H28ClN3O5/c1-3-34-23-8-6-5-7-22(23)25(32)31-14-13-27(17-31,26(33)35-4-2)18-36-21-11-9-19(10-12-21)24-29-15-20(28)16-30-24/h5-12,15-16H,3-4,13-14,17-18H2,1-2H3. The van der Waals surface area contributed by atoms with Gasteiger partial charge in [-0.25, -0.2) is 9.97 Å². The lowest BCUT2D eigenvalue weighted by Gasteiger charge is -2.27. The van der Waals surface area contributed by atoms with Crippen LogP contribution in [0.15, 0.2) is 60.9 Å². The Hall–Kier alpha value is -3.65. The first-order chi connectivity index (χ1) is 17.5. The third-order valence-electron chi connectivity index (χ3n) is 6.01. The summed E-state index contributed by atoms with van der Waals surface area (Å²) in [7, 11) is 0. The number of carbonyl (C=O) groups excluding carboxylic acids is 2. The maximum Gasteiger partial charge on any atom is 0.317 e. The number of hydrogen-bond donors (Lipinski definition) is 0. The van der Waals surface area contributed by atoms with Crippen molar-refractivity contribution in [3.05, 3.63) is 71.5 Å². The van der Waals surface area contributed by atoms with Crippen molar-refractivity contribution >= 4 is 23.5 Å². The molecule has 0 spiro atoms. The first-order valence-corrected chi connectivity index (χ1v) is 12.2. The third kappa shape index (κ3) is 5.60. The largest absolute Gasteiger partial charge is 0.493 e. The van der Waals surface area contributed by atoms with E-state index in [2.05, 4.69) is 9.97 Å². The predicted octanol–water partition coefficient (Wildman–Crippen LogP) is 4.67. The minimum atomic E-state index is -0.968. The minimum Gasteiger partial charge on any atom is -0.493 e. The molecule has 1 fully saturated rings. The molecule has 188 valence electrons. The lowest BCUT2D eigenvalue weighted by Crippen LogP contribution is -2.42. The van der Waals surface area contributed by atoms with Crippen molar-refractivity contribution < 1.29 is 23.8 Å². The lowest BCUT2D eigenvalue weighted by atomic mass is 9.88. The zero-order valence-corrected chi connectivity index (χ0v) is 21.0. The molecule has 1 unspecified atom stereocenters. The van der Waals surface area contributed by atoms with E-state index in [1.807, 2.05) is 25.1 Å². The molecule has 1 saturated heterocycles. The Kier molecular flexibility index (Phi) is 8.05. The molecule has 2 aromatic carbocycles. The monoisotopic (exact) mass is 509 g/mol. The Morgan fingerprint density at radius 2 is 1.72 bits per heavy atom. The van der Waals surface area contributed by atoms with Gasteiger partial charge in [-0.05, 0) is 56.7 Å². The lowest BCUT2D eigenvalue weighted by molar-refractivity contribution is -0.156. The third-order valence-corrected chi connectivity index (χ3v) is 6.21. The van der Waals surface area contributed by atoms with Gasteiger partial charge in [-0.2, -0.15) is 0 Å². The summed E-state index contributed by atoms with van der Waals surface area (Å²) in [6.45, 7) is 5.02. The Labute approximate surface area is 215 Å². The van der Waals surface area contributed by atoms with Gasteiger partial charge in [0.15, 0.2) is 5.82 Å². The summed E-state index contributed by atoms with van der Waals surface area (Å²) in [6, 6.07) is 14.4. The number of likely N-dealkylation sites (tertiary alicyclic amines) is 1. The van der Waals surface area contributed by atoms with Crippen LogP contribution in [0.2, 0.25) is 5.02 Å². The van der Waals surface area contributed by atoms with E-state index in [4.69, 9.17) is 25.8 Å². The number of aromatic nitrogens is 2. The van der Waals surface area contributed by atoms with Gasteiger partial charge >= 0.3 is 5.97 Å². The Morgan fingerprint density at radius 1 is 1.00 bits per heavy atom. The topological polar surface area (TPSA) is 90.9 Å². The Bertz CT molecular complexity index is 1200. The molecule has 1 aliphatic rings. The van der Waals surface area contributed by atoms with Crippen LogP contribution in [0.4, 0.5) is 0 Å². The summed E-state index contributed by atoms with van der Waals surface area (Å²) in [5.41, 5.74) is 0.314. The number of amides is 1. The second-order valence-corrected chi connectivity index (χ2v) is 8.88. The molecule has 0 aliphatic carbocycles. The highest BCUT2D eigenvalue weighted by atomic mass is 35.5. The molecular weight excluding hydrogens is 482 g/mol. The molecule has 0 radical (unpaired) electrons. The van der Waals surface area contributed by atoms with E-state index in [0.29, 0.717) is 47.5 Å². The van der Waals surface area contributed by atoms with E-state index in [9.17, 15) is 9.59 Å². The van der Waals surface area contributed by atoms with Crippen molar-refractivity contribution in [3.8, 4) is 22.9 Å². The van der Waals surface area contributed by atoms with Crippen LogP contribution in [0.3, 0.4) is 0 Å². The number of ether oxygens (including phenoxy) is 3. The number of halogens is 1. The van der Waals surface area contributed by atoms with E-state index < -0.39 is 5.41 Å². The second kappa shape index (κ2) is 11.4. The number of hydrogen-bond acceptors (Lipinski definition) is 7. The zero-order chi connectivity index (χ0) is 25.5. The quantitative estimate of drug-likeness (QED) is 0.387. The molecule has 0 N–H and O–H groups in total. The number of rotatable bonds is 9. The SMILES string of the molecule is CCOC(=O)C1(COc2ccc(-c3ncc(Cl)cn3)cc2)CCN(C(=O)c2ccccc2OCC)C1. The van der Waals surface area contributed by atoms with Crippen LogP contribution < -0.4 is 9.47 Å². The fourth-order valence-electron chi connectivity index (χ4n) is 4.15. The van der Waals surface area contributed by atoms with Crippen LogP contribution in [0, 0.1) is 5.41 Å². The van der Waals surface area contributed by atoms with E-state index in [1.54, 1.807) is 42.2 Å². The van der Waals surface area contributed by atoms with Gasteiger partial charge in [-0.15, -0.1) is 0 Å². The first kappa shape index (κ1) is 25.4. The van der Waals surface area contributed by atoms with Crippen LogP contribution in [-0.2, 0) is 9.53 Å². The van der Waals surface area contributed by atoms with Crippen molar-refractivity contribution in [1.82, 2.24) is 14.9 Å². The van der Waals surface area contributed by atoms with Crippen molar-refractivity contribution in [2.24, 2.45) is 5.41 Å². The molecule has 1 amide bonds. The van der Waals surface area contributed by atoms with Gasteiger partial charge in [0.05, 0.1) is 23.8 Å². The van der Waals surface area contributed by atoms with Crippen molar-refractivity contribution in [1.29, 1.82) is 0 Å². The fraction of sp³-hybridized carbons (Fsp3) is 0.333. The van der Waals surface area contributed by atoms with Gasteiger partial charge in [-0.1, -0.05) is 23.7 Å². The molecule has 0 bridgehead atoms. The summed E-state index contributed by atoms with van der Waals surface area (Å²) in [4.78, 5) is 36.5. The van der Waals surface area contributed by atoms with Crippen molar-refractivity contribution in [2.45, 2.75) is 20.3 Å². The molecule has 1 aromatic heterocycles. The van der Waals surface area contributed by atoms with Crippen molar-refractivity contribution in [2.75, 3.05) is 32.9 Å². The molecule has 2 heterocycles. The van der Waals surface area contributed by atoms with E-state index in [0.717, 1.165) is 5.56 Å². The van der Waals surface area contributed by atoms with Crippen LogP contribution in [0.1, 0.15) is 30.6 Å². The Balaban J connectivity index is 1.48. The van der Waals surface area contributed by atoms with Gasteiger partial charge in [0.1, 0.15) is 23.5 Å². The summed E-state index contributed by atoms with van der Waals surface area (Å²) >= 11 is 5.86. The fourth-order valence-corrected chi connectivity index (χ4v) is 4.25. The molecule has 4 rings (SSSR count). The predicted molar refractivity (Wildman–Crippen MR) is 135 cm³/mol. The molecular formula is C27H28ClN3O5. The van der Waals surface area contributed by atoms with Gasteiger partial charge in [0, 0.05) is 31.0 Å². The average molecular weight is 510 g/mol. The summed E-state index contributed by atoms with van der Waals surface area (Å²) in [6.07, 6.45) is 3.51. The van der Waals surface area contributed by atoms with Crippen LogP contribution >= 0.6 is 11.6 Å². The number of para-hydroxylation sites is 1. The first-order valence-electron chi connectivity index (χ1n) is 11.8. The number of carbonyl (C=O) groups is 2. The van der Waals surface area contributed by atoms with E-state index in [-0.39, 0.29) is 31.6 Å². The van der Waals surface area contributed by atoms with E-state index >= 15 is 0 Å². The van der Waals surface area contributed by atoms with Gasteiger partial charge in [-0.3, -0.25) is 9.59 Å². The number of nitrogens with zero attached hydrogens (tertiary/aromatic N) is 3. The smallest absolute Gasteiger partial charge is 0.317 e. The zero-order valence-electron chi connectivity index (χ0n) is 20.3. The molecule has 3 aromatic rings. The summed E-state index contributed by atoms with van der Waals surface area (Å²) in [5.74, 6) is 1.11. The van der Waals surface area contributed by atoms with Crippen molar-refractivity contribution in [3.63, 3.8) is 0 Å². The van der Waals surface area contributed by atoms with Gasteiger partial charge in [0.2, 0.25) is 0 Å². The van der Waals surface area contributed by atoms with Gasteiger partial charge < -0.3 is 19.1 Å². The van der Waals surface area contributed by atoms with Crippen LogP contribution in [0.5, 0.6) is 11.5 Å². The Morgan fingerprint density at radius 3 is 2.42 bits per heavy atom. The normalized spacial score (nSPS) is 17.0. The average Bonchev–Trinajstić information content (AvgIpc) is 3.34. The molecule has 9 heteroatoms. The maximum atomic E-state index is 13.3. The molecule has 1 aliphatic heterocycles. The number of esters is 1. The molecule has 1 atom stereocenters. The molecule has 8 nitrogen and oxygen atoms in total. The second-order valence-electron chi connectivity index (χ2n) is 8.44.